The molecule has 3 aromatic rings. The van der Waals surface area contributed by atoms with E-state index in [2.05, 4.69) is 10.3 Å². The Morgan fingerprint density at radius 2 is 2.00 bits per heavy atom. The minimum atomic E-state index is -0.561. The van der Waals surface area contributed by atoms with Crippen LogP contribution >= 0.6 is 23.1 Å². The van der Waals surface area contributed by atoms with Crippen molar-refractivity contribution >= 4 is 45.1 Å². The molecule has 1 aliphatic heterocycles. The van der Waals surface area contributed by atoms with Crippen LogP contribution in [0.15, 0.2) is 48.5 Å². The third-order valence-corrected chi connectivity index (χ3v) is 7.82. The molecule has 2 heterocycles. The molecule has 8 heteroatoms. The molecule has 3 atom stereocenters. The van der Waals surface area contributed by atoms with E-state index in [0.717, 1.165) is 20.8 Å². The smallest absolute Gasteiger partial charge is 0.246 e. The lowest BCUT2D eigenvalue weighted by molar-refractivity contribution is -0.136. The molecular weight excluding hydrogens is 421 g/mol. The molecule has 1 saturated heterocycles. The van der Waals surface area contributed by atoms with Crippen molar-refractivity contribution in [2.75, 3.05) is 12.8 Å². The van der Waals surface area contributed by atoms with Gasteiger partial charge in [0.2, 0.25) is 11.8 Å². The van der Waals surface area contributed by atoms with Gasteiger partial charge < -0.3 is 10.2 Å². The van der Waals surface area contributed by atoms with Crippen LogP contribution in [0.2, 0.25) is 0 Å². The second-order valence-electron chi connectivity index (χ2n) is 7.36. The molecule has 0 radical (unpaired) electrons. The van der Waals surface area contributed by atoms with E-state index in [4.69, 9.17) is 0 Å². The lowest BCUT2D eigenvalue weighted by Gasteiger charge is -2.32. The van der Waals surface area contributed by atoms with Crippen LogP contribution in [0.1, 0.15) is 23.5 Å². The van der Waals surface area contributed by atoms with E-state index in [1.807, 2.05) is 31.2 Å². The normalized spacial score (nSPS) is 20.0. The number of nitrogens with one attached hydrogen (secondary N) is 1. The van der Waals surface area contributed by atoms with E-state index in [1.54, 1.807) is 35.4 Å². The second-order valence-corrected chi connectivity index (χ2v) is 9.66. The summed E-state index contributed by atoms with van der Waals surface area (Å²) in [4.78, 5) is 31.9. The van der Waals surface area contributed by atoms with Crippen molar-refractivity contribution in [1.29, 1.82) is 0 Å². The number of hydrogen-bond donors (Lipinski definition) is 1. The number of amides is 2. The molecule has 0 saturated carbocycles. The molecule has 0 spiro atoms. The van der Waals surface area contributed by atoms with E-state index in [-0.39, 0.29) is 28.9 Å². The number of thioether (sulfide) groups is 1. The molecule has 5 nitrogen and oxygen atoms in total. The predicted molar refractivity (Wildman–Crippen MR) is 119 cm³/mol. The fraction of sp³-hybridized carbons (Fsp3) is 0.318. The van der Waals surface area contributed by atoms with E-state index < -0.39 is 6.04 Å². The Labute approximate surface area is 182 Å². The number of para-hydroxylation sites is 1. The largest absolute Gasteiger partial charge is 0.343 e. The molecule has 0 bridgehead atoms. The van der Waals surface area contributed by atoms with Gasteiger partial charge >= 0.3 is 0 Å². The van der Waals surface area contributed by atoms with Gasteiger partial charge in [0.05, 0.1) is 21.5 Å². The SMILES string of the molecule is CC(c1nc2ccccc2s1)N(C)C(=O)C1CSC(Cc2ccc(F)cc2)C(=O)N1. The van der Waals surface area contributed by atoms with Crippen molar-refractivity contribution in [1.82, 2.24) is 15.2 Å². The highest BCUT2D eigenvalue weighted by Crippen LogP contribution is 2.30. The molecule has 0 aliphatic carbocycles. The first-order valence-electron chi connectivity index (χ1n) is 9.71. The lowest BCUT2D eigenvalue weighted by Crippen LogP contribution is -2.55. The first kappa shape index (κ1) is 20.8. The Morgan fingerprint density at radius 3 is 2.70 bits per heavy atom. The molecule has 1 fully saturated rings. The van der Waals surface area contributed by atoms with Crippen molar-refractivity contribution < 1.29 is 14.0 Å². The molecule has 4 rings (SSSR count). The van der Waals surface area contributed by atoms with Crippen LogP contribution in [-0.4, -0.2) is 45.8 Å². The Kier molecular flexibility index (Phi) is 6.06. The molecule has 2 amide bonds. The number of benzene rings is 2. The van der Waals surface area contributed by atoms with Crippen LogP contribution in [0.4, 0.5) is 4.39 Å². The summed E-state index contributed by atoms with van der Waals surface area (Å²) < 4.78 is 14.2. The quantitative estimate of drug-likeness (QED) is 0.652. The fourth-order valence-corrected chi connectivity index (χ4v) is 5.63. The Balaban J connectivity index is 1.38. The number of nitrogens with zero attached hydrogens (tertiary/aromatic N) is 2. The monoisotopic (exact) mass is 443 g/mol. The van der Waals surface area contributed by atoms with Gasteiger partial charge in [0.25, 0.3) is 0 Å². The van der Waals surface area contributed by atoms with Crippen LogP contribution in [0, 0.1) is 5.82 Å². The minimum absolute atomic E-state index is 0.122. The zero-order valence-electron chi connectivity index (χ0n) is 16.7. The molecule has 1 aliphatic rings. The molecule has 30 heavy (non-hydrogen) atoms. The fourth-order valence-electron chi connectivity index (χ4n) is 3.38. The number of aromatic nitrogens is 1. The highest BCUT2D eigenvalue weighted by Gasteiger charge is 2.35. The molecule has 2 aromatic carbocycles. The average molecular weight is 444 g/mol. The molecule has 3 unspecified atom stereocenters. The number of carbonyl (C=O) groups is 2. The van der Waals surface area contributed by atoms with Crippen molar-refractivity contribution in [3.8, 4) is 0 Å². The first-order valence-corrected chi connectivity index (χ1v) is 11.6. The summed E-state index contributed by atoms with van der Waals surface area (Å²) in [6, 6.07) is 13.3. The third kappa shape index (κ3) is 4.34. The summed E-state index contributed by atoms with van der Waals surface area (Å²) in [5, 5.41) is 3.46. The van der Waals surface area contributed by atoms with Crippen LogP contribution < -0.4 is 5.32 Å². The summed E-state index contributed by atoms with van der Waals surface area (Å²) in [7, 11) is 1.75. The van der Waals surface area contributed by atoms with E-state index in [1.165, 1.54) is 23.9 Å². The maximum atomic E-state index is 13.1. The summed E-state index contributed by atoms with van der Waals surface area (Å²) in [5.74, 6) is -0.0684. The van der Waals surface area contributed by atoms with E-state index >= 15 is 0 Å². The number of halogens is 1. The van der Waals surface area contributed by atoms with Crippen molar-refractivity contribution in [3.63, 3.8) is 0 Å². The molecule has 1 N–H and O–H groups in total. The standard InChI is InChI=1S/C22H22FN3O2S2/c1-13(21-25-16-5-3-4-6-18(16)30-21)26(2)22(28)17-12-29-19(20(27)24-17)11-14-7-9-15(23)10-8-14/h3-10,13,17,19H,11-12H2,1-2H3,(H,24,27). The van der Waals surface area contributed by atoms with E-state index in [9.17, 15) is 14.0 Å². The second kappa shape index (κ2) is 8.73. The van der Waals surface area contributed by atoms with Crippen LogP contribution in [0.25, 0.3) is 10.2 Å². The summed E-state index contributed by atoms with van der Waals surface area (Å²) >= 11 is 3.05. The number of fused-ring (bicyclic) bond motifs is 1. The summed E-state index contributed by atoms with van der Waals surface area (Å²) in [6.07, 6.45) is 0.510. The predicted octanol–water partition coefficient (Wildman–Crippen LogP) is 3.80. The van der Waals surface area contributed by atoms with Crippen LogP contribution in [-0.2, 0) is 16.0 Å². The number of carbonyl (C=O) groups excluding carboxylic acids is 2. The number of likely N-dealkylation sites (N-methyl/N-ethyl adjacent to an activating group) is 1. The maximum Gasteiger partial charge on any atom is 0.246 e. The van der Waals surface area contributed by atoms with Gasteiger partial charge in [-0.15, -0.1) is 23.1 Å². The van der Waals surface area contributed by atoms with E-state index in [0.29, 0.717) is 12.2 Å². The molecule has 156 valence electrons. The number of hydrogen-bond acceptors (Lipinski definition) is 5. The van der Waals surface area contributed by atoms with Gasteiger partial charge in [-0.05, 0) is 43.2 Å². The van der Waals surface area contributed by atoms with Crippen LogP contribution in [0.5, 0.6) is 0 Å². The van der Waals surface area contributed by atoms with Gasteiger partial charge in [0.15, 0.2) is 0 Å². The van der Waals surface area contributed by atoms with Crippen molar-refractivity contribution in [2.45, 2.75) is 30.7 Å². The van der Waals surface area contributed by atoms with Gasteiger partial charge in [-0.1, -0.05) is 24.3 Å². The summed E-state index contributed by atoms with van der Waals surface area (Å²) in [6.45, 7) is 1.95. The number of thiazole rings is 1. The lowest BCUT2D eigenvalue weighted by atomic mass is 10.1. The summed E-state index contributed by atoms with van der Waals surface area (Å²) in [5.41, 5.74) is 1.82. The topological polar surface area (TPSA) is 62.3 Å². The van der Waals surface area contributed by atoms with Crippen LogP contribution in [0.3, 0.4) is 0 Å². The Bertz CT molecular complexity index is 1040. The molecular formula is C22H22FN3O2S2. The Hall–Kier alpha value is -2.45. The highest BCUT2D eigenvalue weighted by molar-refractivity contribution is 8.00. The van der Waals surface area contributed by atoms with Gasteiger partial charge in [0.1, 0.15) is 16.9 Å². The average Bonchev–Trinajstić information content (AvgIpc) is 3.19. The molecule has 1 aromatic heterocycles. The zero-order valence-corrected chi connectivity index (χ0v) is 18.3. The van der Waals surface area contributed by atoms with Gasteiger partial charge in [-0.3, -0.25) is 9.59 Å². The minimum Gasteiger partial charge on any atom is -0.343 e. The van der Waals surface area contributed by atoms with Gasteiger partial charge in [-0.25, -0.2) is 9.37 Å². The van der Waals surface area contributed by atoms with Gasteiger partial charge in [-0.2, -0.15) is 0 Å². The highest BCUT2D eigenvalue weighted by atomic mass is 32.2. The zero-order chi connectivity index (χ0) is 21.3. The Morgan fingerprint density at radius 1 is 1.27 bits per heavy atom. The van der Waals surface area contributed by atoms with Crippen molar-refractivity contribution in [3.05, 3.63) is 64.9 Å². The van der Waals surface area contributed by atoms with Crippen molar-refractivity contribution in [2.24, 2.45) is 0 Å². The third-order valence-electron chi connectivity index (χ3n) is 5.30. The first-order chi connectivity index (χ1) is 14.4. The number of rotatable bonds is 5. The maximum absolute atomic E-state index is 13.1. The van der Waals surface area contributed by atoms with Gasteiger partial charge in [0, 0.05) is 12.8 Å².